The fourth-order valence-corrected chi connectivity index (χ4v) is 1.20. The molecule has 7 heteroatoms. The minimum atomic E-state index is -1.02. The smallest absolute Gasteiger partial charge is 0.191 e. The summed E-state index contributed by atoms with van der Waals surface area (Å²) in [6, 6.07) is -0.376. The Kier molecular flexibility index (Phi) is 3.23. The van der Waals surface area contributed by atoms with Gasteiger partial charge in [-0.05, 0) is 0 Å². The van der Waals surface area contributed by atoms with Gasteiger partial charge in [0.15, 0.2) is 23.5 Å². The molecule has 0 unspecified atom stereocenters. The molecule has 0 atom stereocenters. The summed E-state index contributed by atoms with van der Waals surface area (Å²) < 4.78 is 30.9. The largest absolute Gasteiger partial charge is 0.473 e. The molecule has 0 heterocycles. The molecule has 0 aliphatic heterocycles. The lowest BCUT2D eigenvalue weighted by molar-refractivity contribution is 0.362. The van der Waals surface area contributed by atoms with Crippen LogP contribution in [0.3, 0.4) is 0 Å². The van der Waals surface area contributed by atoms with Crippen LogP contribution in [0.15, 0.2) is 0 Å². The molecular weight excluding hydrogens is 237 g/mol. The zero-order valence-electron chi connectivity index (χ0n) is 6.78. The number of ether oxygens (including phenoxy) is 1. The molecule has 0 saturated heterocycles. The van der Waals surface area contributed by atoms with Gasteiger partial charge in [-0.2, -0.15) is 0 Å². The fraction of sp³-hybridized carbons (Fsp3) is 0.143. The zero-order valence-corrected chi connectivity index (χ0v) is 8.29. The van der Waals surface area contributed by atoms with Gasteiger partial charge >= 0.3 is 0 Å². The second kappa shape index (κ2) is 4.06. The molecule has 0 radical (unpaired) electrons. The van der Waals surface area contributed by atoms with Gasteiger partial charge in [-0.15, -0.1) is 0 Å². The third kappa shape index (κ3) is 1.65. The van der Waals surface area contributed by atoms with Crippen molar-refractivity contribution >= 4 is 34.6 Å². The van der Waals surface area contributed by atoms with E-state index in [9.17, 15) is 8.78 Å². The topological polar surface area (TPSA) is 61.3 Å². The zero-order chi connectivity index (χ0) is 10.9. The van der Waals surface area contributed by atoms with Crippen LogP contribution >= 0.6 is 23.2 Å². The van der Waals surface area contributed by atoms with Crippen LogP contribution in [0.4, 0.5) is 20.2 Å². The van der Waals surface area contributed by atoms with E-state index in [1.807, 2.05) is 0 Å². The van der Waals surface area contributed by atoms with E-state index in [1.165, 1.54) is 0 Å². The molecular formula is C7H6Cl2F2N2O. The molecule has 0 aliphatic carbocycles. The normalized spacial score (nSPS) is 10.3. The molecule has 3 nitrogen and oxygen atoms in total. The van der Waals surface area contributed by atoms with Gasteiger partial charge in [0.25, 0.3) is 0 Å². The van der Waals surface area contributed by atoms with Crippen molar-refractivity contribution in [3.05, 3.63) is 16.7 Å². The molecule has 0 spiro atoms. The number of benzene rings is 1. The van der Waals surface area contributed by atoms with Gasteiger partial charge in [-0.3, -0.25) is 0 Å². The quantitative estimate of drug-likeness (QED) is 0.476. The summed E-state index contributed by atoms with van der Waals surface area (Å²) in [5.41, 5.74) is 9.20. The Morgan fingerprint density at radius 2 is 1.64 bits per heavy atom. The lowest BCUT2D eigenvalue weighted by atomic mass is 10.2. The second-order valence-corrected chi connectivity index (χ2v) is 2.95. The molecule has 1 rings (SSSR count). The maximum atomic E-state index is 13.3. The highest BCUT2D eigenvalue weighted by molar-refractivity contribution is 6.32. The van der Waals surface area contributed by atoms with Crippen molar-refractivity contribution in [1.82, 2.24) is 0 Å². The monoisotopic (exact) mass is 242 g/mol. The van der Waals surface area contributed by atoms with Gasteiger partial charge in [-0.25, -0.2) is 8.78 Å². The summed E-state index contributed by atoms with van der Waals surface area (Å²) in [5.74, 6) is -2.58. The molecule has 1 aromatic carbocycles. The van der Waals surface area contributed by atoms with E-state index < -0.39 is 33.8 Å². The van der Waals surface area contributed by atoms with E-state index in [4.69, 9.17) is 34.7 Å². The van der Waals surface area contributed by atoms with Crippen LogP contribution in [-0.4, -0.2) is 6.07 Å². The Hall–Kier alpha value is -0.940. The summed E-state index contributed by atoms with van der Waals surface area (Å²) in [6.07, 6.45) is 0. The van der Waals surface area contributed by atoms with E-state index in [1.54, 1.807) is 0 Å². The molecule has 0 amide bonds. The first-order valence-electron chi connectivity index (χ1n) is 3.40. The van der Waals surface area contributed by atoms with Crippen LogP contribution < -0.4 is 16.2 Å². The average Bonchev–Trinajstić information content (AvgIpc) is 2.19. The number of halogens is 4. The SMILES string of the molecule is Nc1c(N)c(F)c(OCCl)c(Cl)c1F. The summed E-state index contributed by atoms with van der Waals surface area (Å²) in [6.45, 7) is 0. The van der Waals surface area contributed by atoms with Gasteiger partial charge in [0.1, 0.15) is 5.02 Å². The number of hydrogen-bond donors (Lipinski definition) is 2. The fourth-order valence-electron chi connectivity index (χ4n) is 0.854. The minimum absolute atomic E-state index is 0.376. The van der Waals surface area contributed by atoms with Crippen LogP contribution in [-0.2, 0) is 0 Å². The Morgan fingerprint density at radius 3 is 2.14 bits per heavy atom. The highest BCUT2D eigenvalue weighted by Crippen LogP contribution is 2.38. The predicted molar refractivity (Wildman–Crippen MR) is 51.5 cm³/mol. The first-order valence-corrected chi connectivity index (χ1v) is 4.32. The second-order valence-electron chi connectivity index (χ2n) is 2.35. The lowest BCUT2D eigenvalue weighted by Gasteiger charge is -2.11. The van der Waals surface area contributed by atoms with Crippen molar-refractivity contribution in [1.29, 1.82) is 0 Å². The molecule has 0 fully saturated rings. The average molecular weight is 243 g/mol. The summed E-state index contributed by atoms with van der Waals surface area (Å²) in [7, 11) is 0. The number of nitrogens with two attached hydrogens (primary N) is 2. The van der Waals surface area contributed by atoms with E-state index >= 15 is 0 Å². The molecule has 0 aromatic heterocycles. The molecule has 0 aliphatic rings. The predicted octanol–water partition coefficient (Wildman–Crippen LogP) is 2.36. The van der Waals surface area contributed by atoms with E-state index in [2.05, 4.69) is 4.74 Å². The first-order chi connectivity index (χ1) is 6.50. The molecule has 14 heavy (non-hydrogen) atoms. The summed E-state index contributed by atoms with van der Waals surface area (Å²) in [4.78, 5) is 0. The Bertz CT molecular complexity index is 344. The highest BCUT2D eigenvalue weighted by Gasteiger charge is 2.21. The van der Waals surface area contributed by atoms with Crippen molar-refractivity contribution in [3.63, 3.8) is 0 Å². The van der Waals surface area contributed by atoms with E-state index in [-0.39, 0.29) is 6.07 Å². The van der Waals surface area contributed by atoms with Crippen LogP contribution in [0, 0.1) is 11.6 Å². The maximum absolute atomic E-state index is 13.3. The van der Waals surface area contributed by atoms with Gasteiger partial charge in [-0.1, -0.05) is 23.2 Å². The molecule has 1 aromatic rings. The van der Waals surface area contributed by atoms with Crippen LogP contribution in [0.25, 0.3) is 0 Å². The van der Waals surface area contributed by atoms with E-state index in [0.29, 0.717) is 0 Å². The molecule has 4 N–H and O–H groups in total. The number of anilines is 2. The van der Waals surface area contributed by atoms with Crippen molar-refractivity contribution in [2.24, 2.45) is 0 Å². The third-order valence-electron chi connectivity index (χ3n) is 1.55. The Labute approximate surface area is 88.5 Å². The lowest BCUT2D eigenvalue weighted by Crippen LogP contribution is -2.05. The first kappa shape index (κ1) is 11.1. The van der Waals surface area contributed by atoms with Crippen LogP contribution in [0.1, 0.15) is 0 Å². The van der Waals surface area contributed by atoms with Gasteiger partial charge < -0.3 is 16.2 Å². The number of alkyl halides is 1. The summed E-state index contributed by atoms with van der Waals surface area (Å²) >= 11 is 10.6. The number of rotatable bonds is 2. The number of nitrogen functional groups attached to an aromatic ring is 2. The van der Waals surface area contributed by atoms with Crippen molar-refractivity contribution < 1.29 is 13.5 Å². The van der Waals surface area contributed by atoms with Crippen LogP contribution in [0.2, 0.25) is 5.02 Å². The Balaban J connectivity index is 3.43. The molecule has 78 valence electrons. The standard InChI is InChI=1S/C7H6Cl2F2N2O/c8-1-14-7-2(9)3(10)5(12)6(13)4(7)11/h1,12-13H2. The Morgan fingerprint density at radius 1 is 1.14 bits per heavy atom. The molecule has 0 bridgehead atoms. The van der Waals surface area contributed by atoms with Crippen LogP contribution in [0.5, 0.6) is 5.75 Å². The third-order valence-corrected chi connectivity index (χ3v) is 2.00. The molecule has 0 saturated carbocycles. The highest BCUT2D eigenvalue weighted by atomic mass is 35.5. The van der Waals surface area contributed by atoms with Crippen molar-refractivity contribution in [2.75, 3.05) is 17.5 Å². The van der Waals surface area contributed by atoms with Crippen molar-refractivity contribution in [3.8, 4) is 5.75 Å². The minimum Gasteiger partial charge on any atom is -0.473 e. The van der Waals surface area contributed by atoms with Gasteiger partial charge in [0.2, 0.25) is 0 Å². The maximum Gasteiger partial charge on any atom is 0.191 e. The summed E-state index contributed by atoms with van der Waals surface area (Å²) in [5, 5.41) is -0.574. The van der Waals surface area contributed by atoms with Crippen molar-refractivity contribution in [2.45, 2.75) is 0 Å². The van der Waals surface area contributed by atoms with Gasteiger partial charge in [0, 0.05) is 0 Å². The number of hydrogen-bond acceptors (Lipinski definition) is 3. The van der Waals surface area contributed by atoms with Gasteiger partial charge in [0.05, 0.1) is 11.4 Å². The van der Waals surface area contributed by atoms with E-state index in [0.717, 1.165) is 0 Å².